The van der Waals surface area contributed by atoms with E-state index in [1.54, 1.807) is 27.6 Å². The standard InChI is InChI=1S/C10H7IN4O/c11-16-10-14-8(6-12)9(13)15(10)7-4-2-1-3-5-7/h1-5H,13H2. The Morgan fingerprint density at radius 3 is 2.62 bits per heavy atom. The third-order valence-corrected chi connectivity index (χ3v) is 2.47. The number of nitrogens with two attached hydrogens (primary N) is 1. The Balaban J connectivity index is 2.65. The summed E-state index contributed by atoms with van der Waals surface area (Å²) < 4.78 is 6.64. The summed E-state index contributed by atoms with van der Waals surface area (Å²) >= 11 is 1.70. The highest BCUT2D eigenvalue weighted by molar-refractivity contribution is 14.1. The fourth-order valence-corrected chi connectivity index (χ4v) is 1.67. The topological polar surface area (TPSA) is 76.9 Å². The van der Waals surface area contributed by atoms with Gasteiger partial charge in [-0.3, -0.25) is 0 Å². The Labute approximate surface area is 106 Å². The van der Waals surface area contributed by atoms with Crippen LogP contribution in [0.4, 0.5) is 5.82 Å². The van der Waals surface area contributed by atoms with Crippen LogP contribution in [-0.4, -0.2) is 9.55 Å². The molecule has 16 heavy (non-hydrogen) atoms. The third-order valence-electron chi connectivity index (χ3n) is 2.07. The van der Waals surface area contributed by atoms with Crippen molar-refractivity contribution in [3.8, 4) is 17.8 Å². The van der Waals surface area contributed by atoms with Gasteiger partial charge in [-0.05, 0) is 12.1 Å². The van der Waals surface area contributed by atoms with Gasteiger partial charge in [0.05, 0.1) is 5.69 Å². The van der Waals surface area contributed by atoms with Gasteiger partial charge in [-0.15, -0.1) is 0 Å². The van der Waals surface area contributed by atoms with E-state index in [-0.39, 0.29) is 11.5 Å². The highest BCUT2D eigenvalue weighted by Crippen LogP contribution is 2.26. The predicted molar refractivity (Wildman–Crippen MR) is 67.3 cm³/mol. The van der Waals surface area contributed by atoms with E-state index in [9.17, 15) is 0 Å². The summed E-state index contributed by atoms with van der Waals surface area (Å²) in [6.07, 6.45) is 0. The van der Waals surface area contributed by atoms with Crippen molar-refractivity contribution in [1.29, 1.82) is 5.26 Å². The number of nitrogens with zero attached hydrogens (tertiary/aromatic N) is 3. The lowest BCUT2D eigenvalue weighted by molar-refractivity contribution is 0.630. The molecule has 2 aromatic rings. The summed E-state index contributed by atoms with van der Waals surface area (Å²) in [6, 6.07) is 11.6. The lowest BCUT2D eigenvalue weighted by atomic mass is 10.3. The molecule has 2 N–H and O–H groups in total. The van der Waals surface area contributed by atoms with E-state index < -0.39 is 0 Å². The molecule has 0 bridgehead atoms. The number of aromatic nitrogens is 2. The van der Waals surface area contributed by atoms with Gasteiger partial charge in [0.15, 0.2) is 28.7 Å². The first-order valence-corrected chi connectivity index (χ1v) is 5.28. The van der Waals surface area contributed by atoms with E-state index >= 15 is 0 Å². The lowest BCUT2D eigenvalue weighted by Gasteiger charge is -2.06. The second kappa shape index (κ2) is 4.40. The van der Waals surface area contributed by atoms with Crippen LogP contribution >= 0.6 is 23.0 Å². The van der Waals surface area contributed by atoms with Crippen molar-refractivity contribution in [2.75, 3.05) is 5.73 Å². The van der Waals surface area contributed by atoms with Gasteiger partial charge in [0.2, 0.25) is 0 Å². The van der Waals surface area contributed by atoms with E-state index in [2.05, 4.69) is 4.98 Å². The van der Waals surface area contributed by atoms with E-state index in [0.717, 1.165) is 5.69 Å². The molecule has 0 aliphatic heterocycles. The quantitative estimate of drug-likeness (QED) is 0.857. The molecular formula is C10H7IN4O. The van der Waals surface area contributed by atoms with Crippen molar-refractivity contribution in [1.82, 2.24) is 9.55 Å². The van der Waals surface area contributed by atoms with Crippen molar-refractivity contribution in [3.63, 3.8) is 0 Å². The smallest absolute Gasteiger partial charge is 0.313 e. The molecule has 0 spiro atoms. The summed E-state index contributed by atoms with van der Waals surface area (Å²) in [7, 11) is 0. The molecule has 2 rings (SSSR count). The number of nitriles is 1. The SMILES string of the molecule is N#Cc1nc(OI)n(-c2ccccc2)c1N. The molecule has 0 saturated heterocycles. The number of benzene rings is 1. The van der Waals surface area contributed by atoms with Gasteiger partial charge >= 0.3 is 6.01 Å². The number of halogens is 1. The largest absolute Gasteiger partial charge is 0.393 e. The number of nitrogen functional groups attached to an aromatic ring is 1. The van der Waals surface area contributed by atoms with Crippen LogP contribution in [0.2, 0.25) is 0 Å². The fourth-order valence-electron chi connectivity index (χ4n) is 1.37. The summed E-state index contributed by atoms with van der Waals surface area (Å²) in [6.45, 7) is 0. The van der Waals surface area contributed by atoms with E-state index in [1.165, 1.54) is 0 Å². The first-order chi connectivity index (χ1) is 7.77. The lowest BCUT2D eigenvalue weighted by Crippen LogP contribution is -2.01. The molecule has 1 aromatic carbocycles. The first kappa shape index (κ1) is 10.8. The van der Waals surface area contributed by atoms with Gasteiger partial charge in [0.1, 0.15) is 11.9 Å². The normalized spacial score (nSPS) is 9.75. The minimum atomic E-state index is 0.163. The predicted octanol–water partition coefficient (Wildman–Crippen LogP) is 2.05. The highest BCUT2D eigenvalue weighted by Gasteiger charge is 2.16. The number of para-hydroxylation sites is 1. The molecule has 0 amide bonds. The highest BCUT2D eigenvalue weighted by atomic mass is 127. The molecule has 0 saturated carbocycles. The number of rotatable bonds is 2. The average molecular weight is 326 g/mol. The zero-order chi connectivity index (χ0) is 11.5. The third kappa shape index (κ3) is 1.69. The van der Waals surface area contributed by atoms with Crippen LogP contribution in [-0.2, 0) is 0 Å². The molecule has 0 atom stereocenters. The van der Waals surface area contributed by atoms with Gasteiger partial charge in [0, 0.05) is 0 Å². The summed E-state index contributed by atoms with van der Waals surface area (Å²) in [5, 5.41) is 8.83. The van der Waals surface area contributed by atoms with Crippen molar-refractivity contribution in [2.45, 2.75) is 0 Å². The zero-order valence-corrected chi connectivity index (χ0v) is 10.2. The number of hydrogen-bond acceptors (Lipinski definition) is 4. The number of anilines is 1. The van der Waals surface area contributed by atoms with E-state index in [4.69, 9.17) is 14.1 Å². The maximum absolute atomic E-state index is 8.83. The van der Waals surface area contributed by atoms with E-state index in [1.807, 2.05) is 36.4 Å². The molecule has 5 nitrogen and oxygen atoms in total. The summed E-state index contributed by atoms with van der Waals surface area (Å²) in [5.41, 5.74) is 6.79. The van der Waals surface area contributed by atoms with Crippen LogP contribution in [0.5, 0.6) is 6.01 Å². The zero-order valence-electron chi connectivity index (χ0n) is 8.09. The average Bonchev–Trinajstić information content (AvgIpc) is 2.66. The Morgan fingerprint density at radius 1 is 1.38 bits per heavy atom. The second-order valence-electron chi connectivity index (χ2n) is 2.99. The van der Waals surface area contributed by atoms with Crippen molar-refractivity contribution >= 4 is 28.8 Å². The Morgan fingerprint density at radius 2 is 2.06 bits per heavy atom. The summed E-state index contributed by atoms with van der Waals surface area (Å²) in [4.78, 5) is 3.97. The Bertz CT molecular complexity index is 544. The monoisotopic (exact) mass is 326 g/mol. The molecule has 0 aliphatic rings. The molecule has 0 unspecified atom stereocenters. The maximum atomic E-state index is 8.83. The molecule has 0 aliphatic carbocycles. The second-order valence-corrected chi connectivity index (χ2v) is 3.43. The van der Waals surface area contributed by atoms with Crippen molar-refractivity contribution in [3.05, 3.63) is 36.0 Å². The molecule has 1 heterocycles. The van der Waals surface area contributed by atoms with Gasteiger partial charge in [-0.2, -0.15) is 10.2 Å². The van der Waals surface area contributed by atoms with Crippen molar-refractivity contribution in [2.24, 2.45) is 0 Å². The van der Waals surface area contributed by atoms with Crippen LogP contribution in [0.25, 0.3) is 5.69 Å². The summed E-state index contributed by atoms with van der Waals surface area (Å²) in [5.74, 6) is 0.278. The Hall–Kier alpha value is -1.75. The van der Waals surface area contributed by atoms with Crippen LogP contribution in [0.1, 0.15) is 5.69 Å². The molecular weight excluding hydrogens is 319 g/mol. The minimum absolute atomic E-state index is 0.163. The molecule has 6 heteroatoms. The van der Waals surface area contributed by atoms with Crippen LogP contribution in [0, 0.1) is 11.3 Å². The number of hydrogen-bond donors (Lipinski definition) is 1. The van der Waals surface area contributed by atoms with Gasteiger partial charge in [-0.25, -0.2) is 4.57 Å². The van der Waals surface area contributed by atoms with Gasteiger partial charge < -0.3 is 8.80 Å². The van der Waals surface area contributed by atoms with Crippen LogP contribution in [0.3, 0.4) is 0 Å². The molecule has 0 fully saturated rings. The number of imidazole rings is 1. The van der Waals surface area contributed by atoms with Gasteiger partial charge in [0.25, 0.3) is 0 Å². The molecule has 0 radical (unpaired) electrons. The minimum Gasteiger partial charge on any atom is -0.393 e. The van der Waals surface area contributed by atoms with Crippen LogP contribution in [0.15, 0.2) is 30.3 Å². The van der Waals surface area contributed by atoms with Gasteiger partial charge in [-0.1, -0.05) is 18.2 Å². The Kier molecular flexibility index (Phi) is 2.96. The molecule has 80 valence electrons. The van der Waals surface area contributed by atoms with Crippen LogP contribution < -0.4 is 8.80 Å². The fraction of sp³-hybridized carbons (Fsp3) is 0. The maximum Gasteiger partial charge on any atom is 0.313 e. The molecule has 1 aromatic heterocycles. The van der Waals surface area contributed by atoms with Crippen molar-refractivity contribution < 1.29 is 3.07 Å². The van der Waals surface area contributed by atoms with E-state index in [0.29, 0.717) is 6.01 Å². The first-order valence-electron chi connectivity index (χ1n) is 4.40.